The van der Waals surface area contributed by atoms with Gasteiger partial charge in [0.15, 0.2) is 0 Å². The van der Waals surface area contributed by atoms with E-state index in [1.165, 1.54) is 4.31 Å². The van der Waals surface area contributed by atoms with Gasteiger partial charge in [0.25, 0.3) is 0 Å². The molecule has 18 heavy (non-hydrogen) atoms. The maximum absolute atomic E-state index is 12.0. The minimum Gasteiger partial charge on any atom is -0.370 e. The molecular weight excluding hydrogens is 250 g/mol. The molecule has 0 amide bonds. The van der Waals surface area contributed by atoms with Crippen LogP contribution in [-0.4, -0.2) is 46.5 Å². The monoisotopic (exact) mass is 269 g/mol. The molecule has 5 nitrogen and oxygen atoms in total. The molecule has 2 N–H and O–H groups in total. The Morgan fingerprint density at radius 2 is 2.11 bits per heavy atom. The molecule has 0 saturated heterocycles. The number of rotatable bonds is 4. The predicted octanol–water partition coefficient (Wildman–Crippen LogP) is 0.258. The van der Waals surface area contributed by atoms with Gasteiger partial charge in [-0.05, 0) is 30.2 Å². The summed E-state index contributed by atoms with van der Waals surface area (Å²) in [5.41, 5.74) is 7.76. The van der Waals surface area contributed by atoms with Crippen molar-refractivity contribution in [1.29, 1.82) is 0 Å². The van der Waals surface area contributed by atoms with Gasteiger partial charge in [-0.15, -0.1) is 0 Å². The zero-order valence-corrected chi connectivity index (χ0v) is 11.6. The van der Waals surface area contributed by atoms with E-state index in [9.17, 15) is 8.42 Å². The summed E-state index contributed by atoms with van der Waals surface area (Å²) in [4.78, 5) is 2.56. The largest absolute Gasteiger partial charge is 0.370 e. The number of hydrogen-bond donors (Lipinski definition) is 1. The Morgan fingerprint density at radius 3 is 2.72 bits per heavy atom. The maximum atomic E-state index is 12.0. The minimum atomic E-state index is -3.34. The Bertz CT molecular complexity index is 540. The van der Waals surface area contributed by atoms with Gasteiger partial charge in [-0.2, -0.15) is 0 Å². The Balaban J connectivity index is 2.36. The molecule has 6 heteroatoms. The van der Waals surface area contributed by atoms with Crippen LogP contribution >= 0.6 is 0 Å². The van der Waals surface area contributed by atoms with Crippen LogP contribution in [0.1, 0.15) is 5.56 Å². The number of nitrogens with two attached hydrogens (primary N) is 1. The van der Waals surface area contributed by atoms with Crippen LogP contribution < -0.4 is 10.6 Å². The minimum absolute atomic E-state index is 0.362. The molecule has 0 saturated carbocycles. The lowest BCUT2D eigenvalue weighted by atomic mass is 10.2. The van der Waals surface area contributed by atoms with Gasteiger partial charge in [-0.3, -0.25) is 0 Å². The molecule has 0 atom stereocenters. The highest BCUT2D eigenvalue weighted by Gasteiger charge is 2.23. The Labute approximate surface area is 108 Å². The molecule has 1 aromatic rings. The molecule has 0 aromatic heterocycles. The second-order valence-electron chi connectivity index (χ2n) is 4.60. The van der Waals surface area contributed by atoms with Crippen molar-refractivity contribution in [3.63, 3.8) is 0 Å². The lowest BCUT2D eigenvalue weighted by Gasteiger charge is -2.18. The van der Waals surface area contributed by atoms with Crippen LogP contribution in [0.2, 0.25) is 0 Å². The zero-order chi connectivity index (χ0) is 13.3. The summed E-state index contributed by atoms with van der Waals surface area (Å²) in [5.74, 6) is 0. The molecule has 1 aromatic carbocycles. The first-order chi connectivity index (χ1) is 8.46. The fourth-order valence-electron chi connectivity index (χ4n) is 2.21. The quantitative estimate of drug-likeness (QED) is 0.851. The van der Waals surface area contributed by atoms with Crippen LogP contribution in [0.4, 0.5) is 5.69 Å². The molecule has 0 spiro atoms. The fraction of sp³-hybridized carbons (Fsp3) is 0.500. The topological polar surface area (TPSA) is 66.6 Å². The highest BCUT2D eigenvalue weighted by molar-refractivity contribution is 7.89. The van der Waals surface area contributed by atoms with Crippen molar-refractivity contribution in [1.82, 2.24) is 4.31 Å². The van der Waals surface area contributed by atoms with E-state index in [2.05, 4.69) is 4.90 Å². The Morgan fingerprint density at radius 1 is 1.39 bits per heavy atom. The maximum Gasteiger partial charge on any atom is 0.242 e. The summed E-state index contributed by atoms with van der Waals surface area (Å²) in [5, 5.41) is 0. The summed E-state index contributed by atoms with van der Waals surface area (Å²) < 4.78 is 25.3. The summed E-state index contributed by atoms with van der Waals surface area (Å²) in [6.07, 6.45) is 0.881. The van der Waals surface area contributed by atoms with E-state index in [1.54, 1.807) is 26.2 Å². The van der Waals surface area contributed by atoms with E-state index < -0.39 is 10.0 Å². The predicted molar refractivity (Wildman–Crippen MR) is 72.3 cm³/mol. The molecule has 0 fully saturated rings. The van der Waals surface area contributed by atoms with Gasteiger partial charge in [0.05, 0.1) is 4.90 Å². The van der Waals surface area contributed by atoms with Crippen LogP contribution in [0, 0.1) is 0 Å². The van der Waals surface area contributed by atoms with Crippen molar-refractivity contribution in [3.05, 3.63) is 23.8 Å². The van der Waals surface area contributed by atoms with Crippen LogP contribution in [0.5, 0.6) is 0 Å². The van der Waals surface area contributed by atoms with E-state index in [-0.39, 0.29) is 0 Å². The molecule has 1 heterocycles. The van der Waals surface area contributed by atoms with Gasteiger partial charge >= 0.3 is 0 Å². The average Bonchev–Trinajstić information content (AvgIpc) is 2.72. The first kappa shape index (κ1) is 13.3. The van der Waals surface area contributed by atoms with Crippen molar-refractivity contribution < 1.29 is 8.42 Å². The van der Waals surface area contributed by atoms with E-state index >= 15 is 0 Å². The Hall–Kier alpha value is -1.11. The van der Waals surface area contributed by atoms with Crippen molar-refractivity contribution in [2.45, 2.75) is 11.3 Å². The first-order valence-corrected chi connectivity index (χ1v) is 7.41. The molecule has 0 unspecified atom stereocenters. The van der Waals surface area contributed by atoms with E-state index in [0.717, 1.165) is 30.8 Å². The molecule has 0 bridgehead atoms. The van der Waals surface area contributed by atoms with Crippen molar-refractivity contribution in [2.24, 2.45) is 5.73 Å². The van der Waals surface area contributed by atoms with E-state index in [4.69, 9.17) is 5.73 Å². The van der Waals surface area contributed by atoms with Crippen LogP contribution in [0.3, 0.4) is 0 Å². The van der Waals surface area contributed by atoms with E-state index in [0.29, 0.717) is 11.4 Å². The standard InChI is InChI=1S/C12H19N3O2S/c1-14(2)18(16,17)11-3-4-12-10(9-11)5-7-15(12)8-6-13/h3-4,9H,5-8,13H2,1-2H3. The molecule has 0 aliphatic carbocycles. The summed E-state index contributed by atoms with van der Waals surface area (Å²) in [6.45, 7) is 2.34. The molecule has 2 rings (SSSR count). The molecule has 100 valence electrons. The highest BCUT2D eigenvalue weighted by atomic mass is 32.2. The number of anilines is 1. The number of benzene rings is 1. The van der Waals surface area contributed by atoms with Gasteiger partial charge < -0.3 is 10.6 Å². The average molecular weight is 269 g/mol. The van der Waals surface area contributed by atoms with Crippen LogP contribution in [0.15, 0.2) is 23.1 Å². The van der Waals surface area contributed by atoms with Gasteiger partial charge in [-0.1, -0.05) is 0 Å². The van der Waals surface area contributed by atoms with E-state index in [1.807, 2.05) is 6.07 Å². The SMILES string of the molecule is CN(C)S(=O)(=O)c1ccc2c(c1)CCN2CCN. The zero-order valence-electron chi connectivity index (χ0n) is 10.8. The Kier molecular flexibility index (Phi) is 3.61. The molecule has 0 radical (unpaired) electrons. The molecule has 1 aliphatic rings. The molecule has 1 aliphatic heterocycles. The lowest BCUT2D eigenvalue weighted by molar-refractivity contribution is 0.520. The number of hydrogen-bond acceptors (Lipinski definition) is 4. The van der Waals surface area contributed by atoms with Gasteiger partial charge in [0.2, 0.25) is 10.0 Å². The van der Waals surface area contributed by atoms with Crippen molar-refractivity contribution >= 4 is 15.7 Å². The van der Waals surface area contributed by atoms with Gasteiger partial charge in [0, 0.05) is 39.4 Å². The highest BCUT2D eigenvalue weighted by Crippen LogP contribution is 2.30. The third-order valence-corrected chi connectivity index (χ3v) is 5.03. The molecular formula is C12H19N3O2S. The number of nitrogens with zero attached hydrogens (tertiary/aromatic N) is 2. The number of sulfonamides is 1. The van der Waals surface area contributed by atoms with Crippen LogP contribution in [0.25, 0.3) is 0 Å². The smallest absolute Gasteiger partial charge is 0.242 e. The van der Waals surface area contributed by atoms with Gasteiger partial charge in [-0.25, -0.2) is 12.7 Å². The second-order valence-corrected chi connectivity index (χ2v) is 6.76. The lowest BCUT2D eigenvalue weighted by Crippen LogP contribution is -2.27. The van der Waals surface area contributed by atoms with Gasteiger partial charge in [0.1, 0.15) is 0 Å². The fourth-order valence-corrected chi connectivity index (χ4v) is 3.16. The number of fused-ring (bicyclic) bond motifs is 1. The van der Waals surface area contributed by atoms with Crippen LogP contribution in [-0.2, 0) is 16.4 Å². The first-order valence-electron chi connectivity index (χ1n) is 5.97. The second kappa shape index (κ2) is 4.87. The van der Waals surface area contributed by atoms with Crippen molar-refractivity contribution in [2.75, 3.05) is 38.6 Å². The summed E-state index contributed by atoms with van der Waals surface area (Å²) in [6, 6.07) is 5.33. The third kappa shape index (κ3) is 2.23. The summed E-state index contributed by atoms with van der Waals surface area (Å²) >= 11 is 0. The summed E-state index contributed by atoms with van der Waals surface area (Å²) in [7, 11) is -0.248. The third-order valence-electron chi connectivity index (χ3n) is 3.22. The normalized spacial score (nSPS) is 15.2. The van der Waals surface area contributed by atoms with Crippen molar-refractivity contribution in [3.8, 4) is 0 Å².